The Hall–Kier alpha value is -2.43. The van der Waals surface area contributed by atoms with E-state index in [-0.39, 0.29) is 5.02 Å². The molecule has 0 unspecified atom stereocenters. The Kier molecular flexibility index (Phi) is 4.38. The summed E-state index contributed by atoms with van der Waals surface area (Å²) in [6.45, 7) is 1.83. The number of hydrogen-bond acceptors (Lipinski definition) is 2. The number of nitrogens with one attached hydrogen (secondary N) is 2. The molecule has 1 aromatic carbocycles. The molecule has 3 nitrogen and oxygen atoms in total. The van der Waals surface area contributed by atoms with Crippen LogP contribution >= 0.6 is 11.6 Å². The molecule has 0 spiro atoms. The van der Waals surface area contributed by atoms with E-state index in [9.17, 15) is 4.39 Å². The maximum absolute atomic E-state index is 13.6. The molecule has 2 N–H and O–H groups in total. The van der Waals surface area contributed by atoms with E-state index in [1.54, 1.807) is 24.5 Å². The smallest absolute Gasteiger partial charge is 0.141 e. The van der Waals surface area contributed by atoms with E-state index in [1.165, 1.54) is 17.2 Å². The summed E-state index contributed by atoms with van der Waals surface area (Å²) in [6, 6.07) is 8.79. The molecule has 0 radical (unpaired) electrons. The quantitative estimate of drug-likeness (QED) is 0.702. The van der Waals surface area contributed by atoms with E-state index in [2.05, 4.69) is 21.4 Å². The molecule has 0 saturated carbocycles. The molecule has 25 heavy (non-hydrogen) atoms. The van der Waals surface area contributed by atoms with Gasteiger partial charge >= 0.3 is 0 Å². The van der Waals surface area contributed by atoms with Crippen LogP contribution in [0.25, 0.3) is 28.0 Å². The van der Waals surface area contributed by atoms with E-state index in [4.69, 9.17) is 11.6 Å². The SMILES string of the molecule is Fc1ccc(-c2[nH]cc(C3=CCNCC3)c2-c2ccncc2)cc1Cl. The normalized spacial score (nSPS) is 14.4. The highest BCUT2D eigenvalue weighted by Gasteiger charge is 2.19. The number of benzene rings is 1. The Morgan fingerprint density at radius 3 is 2.64 bits per heavy atom. The van der Waals surface area contributed by atoms with E-state index in [0.29, 0.717) is 0 Å². The summed E-state index contributed by atoms with van der Waals surface area (Å²) in [7, 11) is 0. The van der Waals surface area contributed by atoms with E-state index < -0.39 is 5.82 Å². The van der Waals surface area contributed by atoms with E-state index >= 15 is 0 Å². The zero-order valence-corrected chi connectivity index (χ0v) is 14.3. The van der Waals surface area contributed by atoms with Crippen LogP contribution in [0.15, 0.2) is 55.0 Å². The molecule has 0 amide bonds. The lowest BCUT2D eigenvalue weighted by molar-refractivity contribution is 0.628. The molecule has 0 bridgehead atoms. The number of halogens is 2. The second-order valence-electron chi connectivity index (χ2n) is 6.00. The highest BCUT2D eigenvalue weighted by Crippen LogP contribution is 2.39. The van der Waals surface area contributed by atoms with Crippen molar-refractivity contribution in [1.29, 1.82) is 0 Å². The van der Waals surface area contributed by atoms with Crippen molar-refractivity contribution < 1.29 is 4.39 Å². The summed E-state index contributed by atoms with van der Waals surface area (Å²) >= 11 is 6.00. The van der Waals surface area contributed by atoms with Crippen LogP contribution in [0, 0.1) is 5.82 Å². The molecule has 2 aromatic heterocycles. The van der Waals surface area contributed by atoms with Crippen LogP contribution in [0.4, 0.5) is 4.39 Å². The number of aromatic nitrogens is 2. The number of nitrogens with zero attached hydrogens (tertiary/aromatic N) is 1. The number of hydrogen-bond donors (Lipinski definition) is 2. The molecular weight excluding hydrogens is 337 g/mol. The molecule has 0 atom stereocenters. The lowest BCUT2D eigenvalue weighted by Gasteiger charge is -2.15. The third-order valence-electron chi connectivity index (χ3n) is 4.47. The molecule has 126 valence electrons. The van der Waals surface area contributed by atoms with Gasteiger partial charge in [0.1, 0.15) is 5.82 Å². The lowest BCUT2D eigenvalue weighted by atomic mass is 9.92. The fourth-order valence-electron chi connectivity index (χ4n) is 3.24. The number of rotatable bonds is 3. The maximum Gasteiger partial charge on any atom is 0.141 e. The molecule has 5 heteroatoms. The standard InChI is InChI=1S/C20H17ClFN3/c21-17-11-15(1-2-18(17)22)20-19(14-5-9-24-10-6-14)16(12-25-20)13-3-7-23-8-4-13/h1-3,5-6,9-12,23,25H,4,7-8H2. The topological polar surface area (TPSA) is 40.7 Å². The van der Waals surface area contributed by atoms with Gasteiger partial charge in [0, 0.05) is 41.8 Å². The zero-order valence-electron chi connectivity index (χ0n) is 13.5. The van der Waals surface area contributed by atoms with Gasteiger partial charge in [-0.2, -0.15) is 0 Å². The number of H-pyrrole nitrogens is 1. The lowest BCUT2D eigenvalue weighted by Crippen LogP contribution is -2.20. The van der Waals surface area contributed by atoms with Gasteiger partial charge in [-0.15, -0.1) is 0 Å². The maximum atomic E-state index is 13.6. The van der Waals surface area contributed by atoms with Gasteiger partial charge in [-0.05, 0) is 54.4 Å². The average molecular weight is 354 g/mol. The molecule has 3 aromatic rings. The first-order valence-corrected chi connectivity index (χ1v) is 8.59. The first-order chi connectivity index (χ1) is 12.2. The minimum Gasteiger partial charge on any atom is -0.360 e. The largest absolute Gasteiger partial charge is 0.360 e. The highest BCUT2D eigenvalue weighted by molar-refractivity contribution is 6.31. The zero-order chi connectivity index (χ0) is 17.2. The molecular formula is C20H17ClFN3. The number of pyridine rings is 1. The van der Waals surface area contributed by atoms with Crippen molar-refractivity contribution in [1.82, 2.24) is 15.3 Å². The fourth-order valence-corrected chi connectivity index (χ4v) is 3.42. The molecule has 0 aliphatic carbocycles. The molecule has 4 rings (SSSR count). The van der Waals surface area contributed by atoms with Crippen LogP contribution < -0.4 is 5.32 Å². The predicted molar refractivity (Wildman–Crippen MR) is 99.9 cm³/mol. The Bertz CT molecular complexity index is 931. The first kappa shape index (κ1) is 16.1. The first-order valence-electron chi connectivity index (χ1n) is 8.21. The van der Waals surface area contributed by atoms with Crippen LogP contribution in [-0.2, 0) is 0 Å². The minimum atomic E-state index is -0.413. The van der Waals surface area contributed by atoms with Gasteiger partial charge in [0.15, 0.2) is 0 Å². The van der Waals surface area contributed by atoms with Crippen molar-refractivity contribution in [2.24, 2.45) is 0 Å². The van der Waals surface area contributed by atoms with Gasteiger partial charge < -0.3 is 10.3 Å². The van der Waals surface area contributed by atoms with E-state index in [0.717, 1.165) is 41.9 Å². The summed E-state index contributed by atoms with van der Waals surface area (Å²) in [5.41, 5.74) is 6.44. The summed E-state index contributed by atoms with van der Waals surface area (Å²) < 4.78 is 13.6. The van der Waals surface area contributed by atoms with Crippen molar-refractivity contribution in [3.8, 4) is 22.4 Å². The van der Waals surface area contributed by atoms with Gasteiger partial charge in [-0.3, -0.25) is 4.98 Å². The monoisotopic (exact) mass is 353 g/mol. The van der Waals surface area contributed by atoms with Gasteiger partial charge in [0.05, 0.1) is 10.7 Å². The second-order valence-corrected chi connectivity index (χ2v) is 6.41. The van der Waals surface area contributed by atoms with Crippen LogP contribution in [0.2, 0.25) is 5.02 Å². The Morgan fingerprint density at radius 2 is 1.92 bits per heavy atom. The summed E-state index contributed by atoms with van der Waals surface area (Å²) in [5.74, 6) is -0.413. The highest BCUT2D eigenvalue weighted by atomic mass is 35.5. The van der Waals surface area contributed by atoms with Crippen LogP contribution in [-0.4, -0.2) is 23.1 Å². The molecule has 1 aliphatic heterocycles. The summed E-state index contributed by atoms with van der Waals surface area (Å²) in [4.78, 5) is 7.49. The number of aromatic amines is 1. The van der Waals surface area contributed by atoms with Crippen molar-refractivity contribution in [2.75, 3.05) is 13.1 Å². The van der Waals surface area contributed by atoms with Gasteiger partial charge in [0.2, 0.25) is 0 Å². The summed E-state index contributed by atoms with van der Waals surface area (Å²) in [5, 5.41) is 3.46. The molecule has 3 heterocycles. The van der Waals surface area contributed by atoms with E-state index in [1.807, 2.05) is 18.3 Å². The Morgan fingerprint density at radius 1 is 1.08 bits per heavy atom. The summed E-state index contributed by atoms with van der Waals surface area (Å²) in [6.07, 6.45) is 8.78. The third kappa shape index (κ3) is 3.11. The molecule has 0 fully saturated rings. The Labute approximate surface area is 150 Å². The minimum absolute atomic E-state index is 0.121. The van der Waals surface area contributed by atoms with Gasteiger partial charge in [-0.1, -0.05) is 17.7 Å². The van der Waals surface area contributed by atoms with Crippen molar-refractivity contribution in [2.45, 2.75) is 6.42 Å². The van der Waals surface area contributed by atoms with Crippen LogP contribution in [0.1, 0.15) is 12.0 Å². The van der Waals surface area contributed by atoms with Crippen LogP contribution in [0.5, 0.6) is 0 Å². The van der Waals surface area contributed by atoms with Crippen molar-refractivity contribution in [3.05, 3.63) is 71.4 Å². The van der Waals surface area contributed by atoms with Crippen molar-refractivity contribution >= 4 is 17.2 Å². The fraction of sp³-hybridized carbons (Fsp3) is 0.150. The predicted octanol–water partition coefficient (Wildman–Crippen LogP) is 4.91. The molecule has 0 saturated heterocycles. The Balaban J connectivity index is 1.91. The van der Waals surface area contributed by atoms with Gasteiger partial charge in [0.25, 0.3) is 0 Å². The molecule has 1 aliphatic rings. The third-order valence-corrected chi connectivity index (χ3v) is 4.76. The average Bonchev–Trinajstić information content (AvgIpc) is 3.10. The van der Waals surface area contributed by atoms with Gasteiger partial charge in [-0.25, -0.2) is 4.39 Å². The van der Waals surface area contributed by atoms with Crippen LogP contribution in [0.3, 0.4) is 0 Å². The van der Waals surface area contributed by atoms with Crippen molar-refractivity contribution in [3.63, 3.8) is 0 Å². The second kappa shape index (κ2) is 6.82.